The Bertz CT molecular complexity index is 524. The summed E-state index contributed by atoms with van der Waals surface area (Å²) in [4.78, 5) is 17.8. The van der Waals surface area contributed by atoms with Crippen LogP contribution in [-0.4, -0.2) is 55.3 Å². The minimum absolute atomic E-state index is 0.115. The van der Waals surface area contributed by atoms with Crippen molar-refractivity contribution in [1.29, 1.82) is 0 Å². The summed E-state index contributed by atoms with van der Waals surface area (Å²) in [6.07, 6.45) is 4.96. The highest BCUT2D eigenvalue weighted by Gasteiger charge is 2.18. The third kappa shape index (κ3) is 6.05. The van der Waals surface area contributed by atoms with Gasteiger partial charge in [0.2, 0.25) is 0 Å². The van der Waals surface area contributed by atoms with Crippen LogP contribution in [0.15, 0.2) is 12.3 Å². The molecule has 1 fully saturated rings. The molecular formula is C15H22Cl2N4O2. The first-order valence-corrected chi connectivity index (χ1v) is 8.47. The van der Waals surface area contributed by atoms with Crippen LogP contribution in [0.25, 0.3) is 0 Å². The van der Waals surface area contributed by atoms with Gasteiger partial charge in [0, 0.05) is 39.5 Å². The number of carbonyl (C=O) groups excluding carboxylic acids is 1. The van der Waals surface area contributed by atoms with Crippen LogP contribution in [0.3, 0.4) is 0 Å². The van der Waals surface area contributed by atoms with Gasteiger partial charge >= 0.3 is 6.03 Å². The van der Waals surface area contributed by atoms with Crippen molar-refractivity contribution in [2.24, 2.45) is 0 Å². The molecular weight excluding hydrogens is 339 g/mol. The Morgan fingerprint density at radius 1 is 1.43 bits per heavy atom. The number of anilines is 1. The molecule has 1 atom stereocenters. The minimum atomic E-state index is -0.115. The van der Waals surface area contributed by atoms with Gasteiger partial charge < -0.3 is 20.3 Å². The topological polar surface area (TPSA) is 66.5 Å². The van der Waals surface area contributed by atoms with E-state index in [1.165, 1.54) is 12.6 Å². The summed E-state index contributed by atoms with van der Waals surface area (Å²) in [5.41, 5.74) is 0. The van der Waals surface area contributed by atoms with Crippen molar-refractivity contribution < 1.29 is 9.53 Å². The predicted octanol–water partition coefficient (Wildman–Crippen LogP) is 3.01. The van der Waals surface area contributed by atoms with Crippen molar-refractivity contribution >= 4 is 35.1 Å². The first-order valence-electron chi connectivity index (χ1n) is 7.71. The molecule has 23 heavy (non-hydrogen) atoms. The van der Waals surface area contributed by atoms with E-state index >= 15 is 0 Å². The number of amides is 2. The lowest BCUT2D eigenvalue weighted by atomic mass is 10.1. The summed E-state index contributed by atoms with van der Waals surface area (Å²) < 4.78 is 5.64. The van der Waals surface area contributed by atoms with E-state index in [4.69, 9.17) is 27.9 Å². The normalized spacial score (nSPS) is 17.6. The van der Waals surface area contributed by atoms with Crippen LogP contribution in [0.5, 0.6) is 0 Å². The van der Waals surface area contributed by atoms with Gasteiger partial charge in [-0.3, -0.25) is 0 Å². The van der Waals surface area contributed by atoms with E-state index in [0.29, 0.717) is 35.5 Å². The van der Waals surface area contributed by atoms with Gasteiger partial charge in [-0.15, -0.1) is 0 Å². The number of aromatic nitrogens is 1. The van der Waals surface area contributed by atoms with Crippen molar-refractivity contribution in [1.82, 2.24) is 15.2 Å². The van der Waals surface area contributed by atoms with Crippen LogP contribution in [0.4, 0.5) is 10.6 Å². The highest BCUT2D eigenvalue weighted by atomic mass is 35.5. The molecule has 8 heteroatoms. The van der Waals surface area contributed by atoms with Crippen molar-refractivity contribution in [3.05, 3.63) is 22.3 Å². The molecule has 0 aliphatic carbocycles. The fourth-order valence-electron chi connectivity index (χ4n) is 2.37. The highest BCUT2D eigenvalue weighted by molar-refractivity contribution is 6.35. The van der Waals surface area contributed by atoms with Gasteiger partial charge in [0.1, 0.15) is 5.82 Å². The number of rotatable bonds is 6. The van der Waals surface area contributed by atoms with Gasteiger partial charge in [0.05, 0.1) is 16.1 Å². The zero-order chi connectivity index (χ0) is 16.7. The molecule has 6 nitrogen and oxygen atoms in total. The molecule has 0 spiro atoms. The Balaban J connectivity index is 1.65. The van der Waals surface area contributed by atoms with Crippen LogP contribution in [0, 0.1) is 0 Å². The predicted molar refractivity (Wildman–Crippen MR) is 92.4 cm³/mol. The number of ether oxygens (including phenoxy) is 1. The maximum absolute atomic E-state index is 12.0. The number of likely N-dealkylation sites (N-methyl/N-ethyl adjacent to an activating group) is 1. The molecule has 0 radical (unpaired) electrons. The van der Waals surface area contributed by atoms with E-state index in [1.54, 1.807) is 18.0 Å². The standard InChI is InChI=1S/C15H22Cl2N4O2/c1-21(10-12-4-2-3-7-23-12)15(22)19-6-5-18-14-13(17)8-11(16)9-20-14/h8-9,12H,2-7,10H2,1H3,(H,18,20)(H,19,22). The average Bonchev–Trinajstić information content (AvgIpc) is 2.54. The Morgan fingerprint density at radius 3 is 2.96 bits per heavy atom. The number of nitrogens with one attached hydrogen (secondary N) is 2. The number of hydrogen-bond donors (Lipinski definition) is 2. The first-order chi connectivity index (χ1) is 11.1. The summed E-state index contributed by atoms with van der Waals surface area (Å²) in [7, 11) is 1.78. The van der Waals surface area contributed by atoms with Gasteiger partial charge in [0.15, 0.2) is 0 Å². The molecule has 1 aliphatic heterocycles. The lowest BCUT2D eigenvalue weighted by Gasteiger charge is -2.27. The van der Waals surface area contributed by atoms with Gasteiger partial charge in [-0.05, 0) is 25.3 Å². The lowest BCUT2D eigenvalue weighted by molar-refractivity contribution is 0.00389. The van der Waals surface area contributed by atoms with E-state index in [2.05, 4.69) is 15.6 Å². The second kappa shape index (κ2) is 9.15. The molecule has 1 aliphatic rings. The summed E-state index contributed by atoms with van der Waals surface area (Å²) >= 11 is 11.8. The minimum Gasteiger partial charge on any atom is -0.376 e. The van der Waals surface area contributed by atoms with E-state index in [1.807, 2.05) is 0 Å². The number of halogens is 2. The van der Waals surface area contributed by atoms with Gasteiger partial charge in [-0.25, -0.2) is 9.78 Å². The Hall–Kier alpha value is -1.24. The van der Waals surface area contributed by atoms with Crippen LogP contribution < -0.4 is 10.6 Å². The quantitative estimate of drug-likeness (QED) is 0.765. The smallest absolute Gasteiger partial charge is 0.317 e. The molecule has 1 saturated heterocycles. The molecule has 1 aromatic heterocycles. The number of hydrogen-bond acceptors (Lipinski definition) is 4. The number of carbonyl (C=O) groups is 1. The number of nitrogens with zero attached hydrogens (tertiary/aromatic N) is 2. The van der Waals surface area contributed by atoms with Gasteiger partial charge in [-0.2, -0.15) is 0 Å². The second-order valence-electron chi connectivity index (χ2n) is 5.51. The molecule has 1 aromatic rings. The van der Waals surface area contributed by atoms with Gasteiger partial charge in [-0.1, -0.05) is 23.2 Å². The van der Waals surface area contributed by atoms with Crippen LogP contribution in [0.1, 0.15) is 19.3 Å². The fraction of sp³-hybridized carbons (Fsp3) is 0.600. The molecule has 0 saturated carbocycles. The summed E-state index contributed by atoms with van der Waals surface area (Å²) in [5, 5.41) is 6.84. The fourth-order valence-corrected chi connectivity index (χ4v) is 2.82. The molecule has 1 unspecified atom stereocenters. The maximum Gasteiger partial charge on any atom is 0.317 e. The van der Waals surface area contributed by atoms with Gasteiger partial charge in [0.25, 0.3) is 0 Å². The first kappa shape index (κ1) is 18.1. The zero-order valence-corrected chi connectivity index (χ0v) is 14.7. The summed E-state index contributed by atoms with van der Waals surface area (Å²) in [6, 6.07) is 1.51. The molecule has 2 heterocycles. The molecule has 0 aromatic carbocycles. The van der Waals surface area contributed by atoms with Crippen LogP contribution in [0.2, 0.25) is 10.0 Å². The SMILES string of the molecule is CN(CC1CCCCO1)C(=O)NCCNc1ncc(Cl)cc1Cl. The molecule has 2 amide bonds. The largest absolute Gasteiger partial charge is 0.376 e. The van der Waals surface area contributed by atoms with Crippen molar-refractivity contribution in [2.75, 3.05) is 38.6 Å². The third-order valence-corrected chi connectivity index (χ3v) is 4.09. The monoisotopic (exact) mass is 360 g/mol. The third-order valence-electron chi connectivity index (χ3n) is 3.60. The number of urea groups is 1. The van der Waals surface area contributed by atoms with Crippen molar-refractivity contribution in [2.45, 2.75) is 25.4 Å². The molecule has 2 N–H and O–H groups in total. The van der Waals surface area contributed by atoms with Crippen LogP contribution >= 0.6 is 23.2 Å². The summed E-state index contributed by atoms with van der Waals surface area (Å²) in [6.45, 7) is 2.39. The van der Waals surface area contributed by atoms with Crippen molar-refractivity contribution in [3.8, 4) is 0 Å². The van der Waals surface area contributed by atoms with E-state index < -0.39 is 0 Å². The van der Waals surface area contributed by atoms with E-state index in [9.17, 15) is 4.79 Å². The molecule has 128 valence electrons. The second-order valence-corrected chi connectivity index (χ2v) is 6.36. The average molecular weight is 361 g/mol. The Morgan fingerprint density at radius 2 is 2.26 bits per heavy atom. The lowest BCUT2D eigenvalue weighted by Crippen LogP contribution is -2.43. The highest BCUT2D eigenvalue weighted by Crippen LogP contribution is 2.22. The Kier molecular flexibility index (Phi) is 7.20. The maximum atomic E-state index is 12.0. The molecule has 0 bridgehead atoms. The van der Waals surface area contributed by atoms with E-state index in [-0.39, 0.29) is 12.1 Å². The zero-order valence-electron chi connectivity index (χ0n) is 13.1. The Labute approximate surface area is 146 Å². The number of pyridine rings is 1. The molecule has 2 rings (SSSR count). The van der Waals surface area contributed by atoms with E-state index in [0.717, 1.165) is 19.4 Å². The van der Waals surface area contributed by atoms with Crippen molar-refractivity contribution in [3.63, 3.8) is 0 Å². The van der Waals surface area contributed by atoms with Crippen LogP contribution in [-0.2, 0) is 4.74 Å². The summed E-state index contributed by atoms with van der Waals surface area (Å²) in [5.74, 6) is 0.550.